The molecular formula is C14H12BrClOS. The molecule has 0 aliphatic rings. The molecule has 0 heterocycles. The summed E-state index contributed by atoms with van der Waals surface area (Å²) in [5.74, 6) is 0.838. The second-order valence-corrected chi connectivity index (χ2v) is 6.10. The van der Waals surface area contributed by atoms with Crippen molar-refractivity contribution in [3.8, 4) is 0 Å². The number of hydrogen-bond acceptors (Lipinski definition) is 2. The molecule has 94 valence electrons. The van der Waals surface area contributed by atoms with Gasteiger partial charge in [-0.2, -0.15) is 0 Å². The third-order valence-electron chi connectivity index (χ3n) is 2.55. The summed E-state index contributed by atoms with van der Waals surface area (Å²) in [6, 6.07) is 13.8. The molecule has 0 aliphatic heterocycles. The Bertz CT molecular complexity index is 545. The lowest BCUT2D eigenvalue weighted by Gasteiger charge is -2.06. The molecule has 0 atom stereocenters. The molecule has 0 spiro atoms. The van der Waals surface area contributed by atoms with Gasteiger partial charge in [0.1, 0.15) is 0 Å². The lowest BCUT2D eigenvalue weighted by atomic mass is 10.2. The highest BCUT2D eigenvalue weighted by Crippen LogP contribution is 2.29. The second kappa shape index (κ2) is 6.62. The van der Waals surface area contributed by atoms with Crippen LogP contribution in [0.25, 0.3) is 0 Å². The van der Waals surface area contributed by atoms with Crippen molar-refractivity contribution in [3.63, 3.8) is 0 Å². The molecule has 2 aromatic rings. The molecule has 0 aromatic heterocycles. The van der Waals surface area contributed by atoms with E-state index in [1.165, 1.54) is 0 Å². The van der Waals surface area contributed by atoms with E-state index >= 15 is 0 Å². The Balaban J connectivity index is 2.07. The zero-order chi connectivity index (χ0) is 13.0. The van der Waals surface area contributed by atoms with Crippen molar-refractivity contribution in [3.05, 3.63) is 63.1 Å². The fourth-order valence-electron chi connectivity index (χ4n) is 1.52. The number of rotatable bonds is 4. The van der Waals surface area contributed by atoms with Crippen LogP contribution < -0.4 is 0 Å². The first-order valence-electron chi connectivity index (χ1n) is 5.46. The molecule has 2 rings (SSSR count). The summed E-state index contributed by atoms with van der Waals surface area (Å²) in [6.45, 7) is 0.0516. The summed E-state index contributed by atoms with van der Waals surface area (Å²) in [4.78, 5) is 1.15. The maximum absolute atomic E-state index is 9.10. The van der Waals surface area contributed by atoms with E-state index in [0.717, 1.165) is 31.3 Å². The number of aliphatic hydroxyl groups excluding tert-OH is 1. The minimum Gasteiger partial charge on any atom is -0.392 e. The highest BCUT2D eigenvalue weighted by molar-refractivity contribution is 9.10. The maximum atomic E-state index is 9.10. The largest absolute Gasteiger partial charge is 0.392 e. The highest BCUT2D eigenvalue weighted by atomic mass is 79.9. The number of aliphatic hydroxyl groups is 1. The molecule has 0 amide bonds. The number of halogens is 2. The molecule has 2 aromatic carbocycles. The topological polar surface area (TPSA) is 20.2 Å². The number of thioether (sulfide) groups is 1. The van der Waals surface area contributed by atoms with Crippen molar-refractivity contribution < 1.29 is 5.11 Å². The Morgan fingerprint density at radius 3 is 2.56 bits per heavy atom. The predicted molar refractivity (Wildman–Crippen MR) is 81.1 cm³/mol. The Morgan fingerprint density at radius 1 is 1.11 bits per heavy atom. The summed E-state index contributed by atoms with van der Waals surface area (Å²) < 4.78 is 0.939. The van der Waals surface area contributed by atoms with Gasteiger partial charge in [-0.15, -0.1) is 11.8 Å². The van der Waals surface area contributed by atoms with Crippen molar-refractivity contribution in [1.29, 1.82) is 0 Å². The molecule has 0 saturated heterocycles. The van der Waals surface area contributed by atoms with Crippen LogP contribution in [-0.4, -0.2) is 5.11 Å². The summed E-state index contributed by atoms with van der Waals surface area (Å²) in [7, 11) is 0. The van der Waals surface area contributed by atoms with Crippen LogP contribution >= 0.6 is 39.3 Å². The van der Waals surface area contributed by atoms with Gasteiger partial charge in [-0.25, -0.2) is 0 Å². The first kappa shape index (κ1) is 13.9. The number of hydrogen-bond donors (Lipinski definition) is 1. The van der Waals surface area contributed by atoms with E-state index in [2.05, 4.69) is 15.9 Å². The van der Waals surface area contributed by atoms with E-state index in [0.29, 0.717) is 0 Å². The van der Waals surface area contributed by atoms with Gasteiger partial charge in [0, 0.05) is 20.1 Å². The normalized spacial score (nSPS) is 10.6. The zero-order valence-electron chi connectivity index (χ0n) is 9.57. The first-order valence-corrected chi connectivity index (χ1v) is 7.62. The van der Waals surface area contributed by atoms with E-state index < -0.39 is 0 Å². The summed E-state index contributed by atoms with van der Waals surface area (Å²) in [6.07, 6.45) is 0. The first-order chi connectivity index (χ1) is 8.70. The van der Waals surface area contributed by atoms with Crippen LogP contribution in [0.4, 0.5) is 0 Å². The average molecular weight is 344 g/mol. The standard InChI is InChI=1S/C14H12BrClOS/c15-13-7-12(6-5-10(13)8-17)18-9-11-3-1-2-4-14(11)16/h1-7,17H,8-9H2. The van der Waals surface area contributed by atoms with Crippen LogP contribution in [0.1, 0.15) is 11.1 Å². The lowest BCUT2D eigenvalue weighted by molar-refractivity contribution is 0.281. The molecule has 1 nitrogen and oxygen atoms in total. The van der Waals surface area contributed by atoms with E-state index in [9.17, 15) is 0 Å². The minimum atomic E-state index is 0.0516. The fraction of sp³-hybridized carbons (Fsp3) is 0.143. The van der Waals surface area contributed by atoms with Gasteiger partial charge in [0.25, 0.3) is 0 Å². The summed E-state index contributed by atoms with van der Waals surface area (Å²) in [5.41, 5.74) is 2.03. The average Bonchev–Trinajstić information content (AvgIpc) is 2.38. The van der Waals surface area contributed by atoms with Crippen molar-refractivity contribution in [2.75, 3.05) is 0 Å². The fourth-order valence-corrected chi connectivity index (χ4v) is 3.40. The van der Waals surface area contributed by atoms with Crippen molar-refractivity contribution >= 4 is 39.3 Å². The molecule has 18 heavy (non-hydrogen) atoms. The van der Waals surface area contributed by atoms with Gasteiger partial charge in [-0.3, -0.25) is 0 Å². The van der Waals surface area contributed by atoms with E-state index in [1.807, 2.05) is 42.5 Å². The zero-order valence-corrected chi connectivity index (χ0v) is 12.7. The summed E-state index contributed by atoms with van der Waals surface area (Å²) >= 11 is 11.3. The van der Waals surface area contributed by atoms with Crippen LogP contribution in [0.15, 0.2) is 51.8 Å². The Morgan fingerprint density at radius 2 is 1.89 bits per heavy atom. The quantitative estimate of drug-likeness (QED) is 0.798. The van der Waals surface area contributed by atoms with Crippen LogP contribution in [0.5, 0.6) is 0 Å². The number of benzene rings is 2. The maximum Gasteiger partial charge on any atom is 0.0692 e. The van der Waals surface area contributed by atoms with E-state index in [4.69, 9.17) is 16.7 Å². The van der Waals surface area contributed by atoms with Gasteiger partial charge in [-0.1, -0.05) is 51.8 Å². The summed E-state index contributed by atoms with van der Waals surface area (Å²) in [5, 5.41) is 9.90. The van der Waals surface area contributed by atoms with Crippen LogP contribution in [0, 0.1) is 0 Å². The van der Waals surface area contributed by atoms with Gasteiger partial charge in [0.15, 0.2) is 0 Å². The van der Waals surface area contributed by atoms with Crippen LogP contribution in [0.3, 0.4) is 0 Å². The minimum absolute atomic E-state index is 0.0516. The molecule has 0 unspecified atom stereocenters. The van der Waals surface area contributed by atoms with Crippen molar-refractivity contribution in [2.45, 2.75) is 17.3 Å². The molecule has 0 bridgehead atoms. The molecule has 0 saturated carbocycles. The molecule has 4 heteroatoms. The highest BCUT2D eigenvalue weighted by Gasteiger charge is 2.03. The monoisotopic (exact) mass is 342 g/mol. The molecule has 0 aliphatic carbocycles. The Labute approximate surface area is 124 Å². The van der Waals surface area contributed by atoms with Gasteiger partial charge >= 0.3 is 0 Å². The third-order valence-corrected chi connectivity index (χ3v) is 4.70. The van der Waals surface area contributed by atoms with Crippen molar-refractivity contribution in [2.24, 2.45) is 0 Å². The van der Waals surface area contributed by atoms with E-state index in [-0.39, 0.29) is 6.61 Å². The smallest absolute Gasteiger partial charge is 0.0692 e. The Kier molecular flexibility index (Phi) is 5.13. The molecule has 1 N–H and O–H groups in total. The Hall–Kier alpha value is -0.480. The van der Waals surface area contributed by atoms with Gasteiger partial charge in [-0.05, 0) is 29.3 Å². The lowest BCUT2D eigenvalue weighted by Crippen LogP contribution is -1.86. The van der Waals surface area contributed by atoms with Crippen LogP contribution in [0.2, 0.25) is 5.02 Å². The second-order valence-electron chi connectivity index (χ2n) is 3.79. The molecular weight excluding hydrogens is 332 g/mol. The van der Waals surface area contributed by atoms with Crippen LogP contribution in [-0.2, 0) is 12.4 Å². The van der Waals surface area contributed by atoms with Gasteiger partial charge in [0.2, 0.25) is 0 Å². The SMILES string of the molecule is OCc1ccc(SCc2ccccc2Cl)cc1Br. The van der Waals surface area contributed by atoms with Gasteiger partial charge < -0.3 is 5.11 Å². The van der Waals surface area contributed by atoms with E-state index in [1.54, 1.807) is 11.8 Å². The predicted octanol–water partition coefficient (Wildman–Crippen LogP) is 4.89. The van der Waals surface area contributed by atoms with Gasteiger partial charge in [0.05, 0.1) is 6.61 Å². The molecule has 0 fully saturated rings. The van der Waals surface area contributed by atoms with Crippen molar-refractivity contribution in [1.82, 2.24) is 0 Å². The third kappa shape index (κ3) is 3.51. The molecule has 0 radical (unpaired) electrons.